The number of furan rings is 1. The standard InChI is InChI=1S/C50H32OSi/c1-3-19-36(20-4-1)52(37-21-5-2-6-22-37,48-32-16-30-46-42-26-13-14-31-47(42)51-50(46)48)34-33-41-39-24-9-11-27-44(39)49(45-28-12-10-25-40(41)45)43-29-15-18-35-17-7-8-23-38(35)43/h1-32H. The van der Waals surface area contributed by atoms with Gasteiger partial charge in [-0.05, 0) is 59.9 Å². The molecule has 0 saturated carbocycles. The van der Waals surface area contributed by atoms with E-state index in [2.05, 4.69) is 200 Å². The molecule has 0 aliphatic heterocycles. The average Bonchev–Trinajstić information content (AvgIpc) is 3.61. The van der Waals surface area contributed by atoms with Crippen LogP contribution in [0.5, 0.6) is 0 Å². The molecule has 1 nitrogen and oxygen atoms in total. The van der Waals surface area contributed by atoms with E-state index in [1.54, 1.807) is 0 Å². The summed E-state index contributed by atoms with van der Waals surface area (Å²) in [7, 11) is -3.08. The maximum atomic E-state index is 6.79. The second-order valence-corrected chi connectivity index (χ2v) is 16.8. The number of rotatable bonds is 4. The normalized spacial score (nSPS) is 11.7. The molecule has 1 heterocycles. The van der Waals surface area contributed by atoms with Crippen molar-refractivity contribution >= 4 is 77.9 Å². The summed E-state index contributed by atoms with van der Waals surface area (Å²) in [5, 5.41) is 13.0. The fourth-order valence-electron chi connectivity index (χ4n) is 8.26. The van der Waals surface area contributed by atoms with Gasteiger partial charge >= 0.3 is 0 Å². The molecule has 0 spiro atoms. The number of hydrogen-bond donors (Lipinski definition) is 0. The van der Waals surface area contributed by atoms with Gasteiger partial charge in [0, 0.05) is 21.5 Å². The molecular weight excluding hydrogens is 645 g/mol. The number of fused-ring (bicyclic) bond motifs is 6. The zero-order valence-electron chi connectivity index (χ0n) is 28.4. The van der Waals surface area contributed by atoms with Crippen LogP contribution in [0.1, 0.15) is 5.56 Å². The Morgan fingerprint density at radius 2 is 0.885 bits per heavy atom. The molecule has 0 bridgehead atoms. The molecule has 0 N–H and O–H groups in total. The van der Waals surface area contributed by atoms with Gasteiger partial charge in [0.25, 0.3) is 0 Å². The van der Waals surface area contributed by atoms with E-state index in [1.807, 2.05) is 6.07 Å². The fraction of sp³-hybridized carbons (Fsp3) is 0. The highest BCUT2D eigenvalue weighted by atomic mass is 28.3. The molecule has 0 amide bonds. The Labute approximate surface area is 303 Å². The molecule has 0 unspecified atom stereocenters. The van der Waals surface area contributed by atoms with Gasteiger partial charge in [-0.3, -0.25) is 0 Å². The molecule has 0 aliphatic carbocycles. The van der Waals surface area contributed by atoms with E-state index in [0.29, 0.717) is 0 Å². The molecule has 0 fully saturated rings. The zero-order valence-corrected chi connectivity index (χ0v) is 29.4. The zero-order chi connectivity index (χ0) is 34.5. The summed E-state index contributed by atoms with van der Waals surface area (Å²) in [6.45, 7) is 0. The minimum absolute atomic E-state index is 0.892. The van der Waals surface area contributed by atoms with Gasteiger partial charge in [-0.15, -0.1) is 5.54 Å². The second-order valence-electron chi connectivity index (χ2n) is 13.4. The van der Waals surface area contributed by atoms with E-state index in [-0.39, 0.29) is 0 Å². The lowest BCUT2D eigenvalue weighted by atomic mass is 9.87. The molecular formula is C50H32OSi. The molecule has 242 valence electrons. The van der Waals surface area contributed by atoms with Crippen LogP contribution >= 0.6 is 0 Å². The van der Waals surface area contributed by atoms with Gasteiger partial charge in [0.1, 0.15) is 11.2 Å². The van der Waals surface area contributed by atoms with Crippen molar-refractivity contribution < 1.29 is 4.42 Å². The van der Waals surface area contributed by atoms with Crippen LogP contribution in [0.3, 0.4) is 0 Å². The van der Waals surface area contributed by atoms with E-state index in [0.717, 1.165) is 43.5 Å². The van der Waals surface area contributed by atoms with Gasteiger partial charge in [-0.25, -0.2) is 0 Å². The van der Waals surface area contributed by atoms with Gasteiger partial charge < -0.3 is 4.42 Å². The first-order chi connectivity index (χ1) is 25.8. The lowest BCUT2D eigenvalue weighted by Gasteiger charge is -2.28. The van der Waals surface area contributed by atoms with Gasteiger partial charge in [-0.1, -0.05) is 194 Å². The third-order valence-electron chi connectivity index (χ3n) is 10.6. The summed E-state index contributed by atoms with van der Waals surface area (Å²) in [6, 6.07) is 69.7. The van der Waals surface area contributed by atoms with Crippen LogP contribution in [0.15, 0.2) is 199 Å². The van der Waals surface area contributed by atoms with E-state index < -0.39 is 8.07 Å². The Morgan fingerprint density at radius 1 is 0.385 bits per heavy atom. The van der Waals surface area contributed by atoms with Crippen LogP contribution in [0.4, 0.5) is 0 Å². The quantitative estimate of drug-likeness (QED) is 0.0783. The van der Waals surface area contributed by atoms with Crippen LogP contribution in [0.2, 0.25) is 0 Å². The smallest absolute Gasteiger partial charge is 0.233 e. The Morgan fingerprint density at radius 3 is 1.56 bits per heavy atom. The average molecular weight is 677 g/mol. The van der Waals surface area contributed by atoms with Crippen molar-refractivity contribution in [1.29, 1.82) is 0 Å². The van der Waals surface area contributed by atoms with Crippen LogP contribution in [-0.4, -0.2) is 8.07 Å². The van der Waals surface area contributed by atoms with E-state index in [9.17, 15) is 0 Å². The molecule has 0 radical (unpaired) electrons. The fourth-order valence-corrected chi connectivity index (χ4v) is 12.2. The Kier molecular flexibility index (Phi) is 7.13. The summed E-state index contributed by atoms with van der Waals surface area (Å²) in [5.41, 5.74) is 9.48. The third-order valence-corrected chi connectivity index (χ3v) is 14.7. The molecule has 0 atom stereocenters. The summed E-state index contributed by atoms with van der Waals surface area (Å²) in [5.74, 6) is 3.95. The lowest BCUT2D eigenvalue weighted by molar-refractivity contribution is 0.671. The predicted octanol–water partition coefficient (Wildman–Crippen LogP) is 10.8. The number of hydrogen-bond acceptors (Lipinski definition) is 1. The SMILES string of the molecule is C(#C[Si](c1ccccc1)(c1ccccc1)c1cccc2c1oc1ccccc12)c1c2ccccc2c(-c2cccc3ccccc23)c2ccccc12. The summed E-state index contributed by atoms with van der Waals surface area (Å²) in [4.78, 5) is 0. The maximum absolute atomic E-state index is 6.79. The van der Waals surface area contributed by atoms with Crippen LogP contribution in [0, 0.1) is 11.5 Å². The van der Waals surface area contributed by atoms with Crippen molar-refractivity contribution in [2.24, 2.45) is 0 Å². The Balaban J connectivity index is 1.33. The van der Waals surface area contributed by atoms with Crippen molar-refractivity contribution in [2.45, 2.75) is 0 Å². The highest BCUT2D eigenvalue weighted by Crippen LogP contribution is 2.41. The largest absolute Gasteiger partial charge is 0.456 e. The van der Waals surface area contributed by atoms with E-state index >= 15 is 0 Å². The Hall–Kier alpha value is -6.66. The van der Waals surface area contributed by atoms with Crippen molar-refractivity contribution in [1.82, 2.24) is 0 Å². The predicted molar refractivity (Wildman–Crippen MR) is 223 cm³/mol. The van der Waals surface area contributed by atoms with Gasteiger partial charge in [-0.2, -0.15) is 0 Å². The summed E-state index contributed by atoms with van der Waals surface area (Å²) >= 11 is 0. The Bertz CT molecular complexity index is 2920. The topological polar surface area (TPSA) is 13.1 Å². The van der Waals surface area contributed by atoms with Crippen LogP contribution in [0.25, 0.3) is 65.4 Å². The van der Waals surface area contributed by atoms with E-state index in [1.165, 1.54) is 43.0 Å². The van der Waals surface area contributed by atoms with Crippen molar-refractivity contribution in [3.63, 3.8) is 0 Å². The second kappa shape index (κ2) is 12.3. The maximum Gasteiger partial charge on any atom is 0.233 e. The lowest BCUT2D eigenvalue weighted by Crippen LogP contribution is -2.66. The van der Waals surface area contributed by atoms with Crippen LogP contribution in [-0.2, 0) is 0 Å². The molecule has 52 heavy (non-hydrogen) atoms. The summed E-state index contributed by atoms with van der Waals surface area (Å²) in [6.07, 6.45) is 0. The molecule has 10 aromatic rings. The molecule has 1 aromatic heterocycles. The minimum Gasteiger partial charge on any atom is -0.456 e. The monoisotopic (exact) mass is 676 g/mol. The summed E-state index contributed by atoms with van der Waals surface area (Å²) < 4.78 is 6.79. The molecule has 9 aromatic carbocycles. The minimum atomic E-state index is -3.08. The number of para-hydroxylation sites is 2. The molecule has 10 rings (SSSR count). The first kappa shape index (κ1) is 30.2. The highest BCUT2D eigenvalue weighted by molar-refractivity contribution is 7.17. The third kappa shape index (κ3) is 4.64. The number of benzene rings is 9. The molecule has 2 heteroatoms. The van der Waals surface area contributed by atoms with Gasteiger partial charge in [0.15, 0.2) is 0 Å². The van der Waals surface area contributed by atoms with Crippen molar-refractivity contribution in [3.8, 4) is 22.6 Å². The van der Waals surface area contributed by atoms with Crippen LogP contribution < -0.4 is 15.6 Å². The van der Waals surface area contributed by atoms with Gasteiger partial charge in [0.2, 0.25) is 8.07 Å². The first-order valence-corrected chi connectivity index (χ1v) is 19.8. The molecule has 0 aliphatic rings. The highest BCUT2D eigenvalue weighted by Gasteiger charge is 2.41. The van der Waals surface area contributed by atoms with E-state index in [4.69, 9.17) is 4.42 Å². The first-order valence-electron chi connectivity index (χ1n) is 17.8. The molecule has 0 saturated heterocycles. The van der Waals surface area contributed by atoms with Gasteiger partial charge in [0.05, 0.1) is 0 Å². The van der Waals surface area contributed by atoms with Crippen molar-refractivity contribution in [2.75, 3.05) is 0 Å². The van der Waals surface area contributed by atoms with Crippen molar-refractivity contribution in [3.05, 3.63) is 200 Å².